The first-order chi connectivity index (χ1) is 17.3. The third-order valence-corrected chi connectivity index (χ3v) is 5.47. The lowest BCUT2D eigenvalue weighted by Crippen LogP contribution is -2.53. The maximum absolute atomic E-state index is 13.4. The van der Waals surface area contributed by atoms with Gasteiger partial charge in [-0.1, -0.05) is 54.1 Å². The predicted molar refractivity (Wildman–Crippen MR) is 129 cm³/mol. The summed E-state index contributed by atoms with van der Waals surface area (Å²) in [5.74, 6) is -3.36. The molecule has 10 heteroatoms. The molecule has 186 valence electrons. The third kappa shape index (κ3) is 7.42. The van der Waals surface area contributed by atoms with E-state index >= 15 is 0 Å². The Kier molecular flexibility index (Phi) is 9.19. The van der Waals surface area contributed by atoms with E-state index in [4.69, 9.17) is 16.3 Å². The number of benzene rings is 3. The summed E-state index contributed by atoms with van der Waals surface area (Å²) in [5, 5.41) is 15.1. The Bertz CT molecular complexity index is 1240. The van der Waals surface area contributed by atoms with E-state index in [1.54, 1.807) is 48.5 Å². The Morgan fingerprint density at radius 2 is 1.72 bits per heavy atom. The number of ether oxygens (including phenoxy) is 1. The standard InChI is InChI=1S/C26H23ClF2N4O3/c1-32(33(17-30)15-19-7-9-20(27)10-8-19)26(35)24(13-18-5-3-2-4-6-18)31-25(34)16-36-21-11-12-22(28)23(29)14-21/h2-12,14,24H,13,15-16H2,1H3,(H,31,34)/t24-/m0/s1. The monoisotopic (exact) mass is 512 g/mol. The molecule has 7 nitrogen and oxygen atoms in total. The third-order valence-electron chi connectivity index (χ3n) is 5.22. The molecule has 0 aliphatic heterocycles. The predicted octanol–water partition coefficient (Wildman–Crippen LogP) is 4.08. The number of halogens is 3. The number of hydrogen-bond donors (Lipinski definition) is 1. The summed E-state index contributed by atoms with van der Waals surface area (Å²) in [6.45, 7) is -0.415. The molecule has 0 bridgehead atoms. The van der Waals surface area contributed by atoms with E-state index in [-0.39, 0.29) is 18.7 Å². The molecule has 0 fully saturated rings. The van der Waals surface area contributed by atoms with E-state index in [0.717, 1.165) is 33.3 Å². The highest BCUT2D eigenvalue weighted by molar-refractivity contribution is 6.30. The van der Waals surface area contributed by atoms with E-state index in [2.05, 4.69) is 5.32 Å². The topological polar surface area (TPSA) is 85.7 Å². The quantitative estimate of drug-likeness (QED) is 0.251. The zero-order chi connectivity index (χ0) is 26.1. The van der Waals surface area contributed by atoms with Crippen LogP contribution in [0.5, 0.6) is 5.75 Å². The molecular formula is C26H23ClF2N4O3. The molecular weight excluding hydrogens is 490 g/mol. The van der Waals surface area contributed by atoms with Crippen molar-refractivity contribution in [2.75, 3.05) is 13.7 Å². The Hall–Kier alpha value is -4.16. The molecule has 0 aliphatic rings. The first kappa shape index (κ1) is 26.4. The number of nitriles is 1. The lowest BCUT2D eigenvalue weighted by molar-refractivity contribution is -0.146. The van der Waals surface area contributed by atoms with Gasteiger partial charge >= 0.3 is 0 Å². The first-order valence-corrected chi connectivity index (χ1v) is 11.2. The highest BCUT2D eigenvalue weighted by atomic mass is 35.5. The highest BCUT2D eigenvalue weighted by Gasteiger charge is 2.28. The molecule has 3 aromatic carbocycles. The minimum absolute atomic E-state index is 0.0364. The van der Waals surface area contributed by atoms with Crippen LogP contribution in [0.2, 0.25) is 5.02 Å². The molecule has 0 aromatic heterocycles. The minimum Gasteiger partial charge on any atom is -0.484 e. The van der Waals surface area contributed by atoms with Crippen LogP contribution in [-0.2, 0) is 22.6 Å². The van der Waals surface area contributed by atoms with Gasteiger partial charge in [-0.25, -0.2) is 18.8 Å². The normalized spacial score (nSPS) is 11.2. The van der Waals surface area contributed by atoms with Crippen molar-refractivity contribution >= 4 is 23.4 Å². The van der Waals surface area contributed by atoms with Gasteiger partial charge in [0.1, 0.15) is 11.8 Å². The zero-order valence-electron chi connectivity index (χ0n) is 19.3. The molecule has 2 amide bonds. The lowest BCUT2D eigenvalue weighted by Gasteiger charge is -2.30. The number of amides is 2. The van der Waals surface area contributed by atoms with Crippen LogP contribution in [0.15, 0.2) is 72.8 Å². The second-order valence-corrected chi connectivity index (χ2v) is 8.26. The van der Waals surface area contributed by atoms with Gasteiger partial charge in [-0.2, -0.15) is 5.26 Å². The fourth-order valence-electron chi connectivity index (χ4n) is 3.32. The van der Waals surface area contributed by atoms with Crippen molar-refractivity contribution in [1.29, 1.82) is 5.26 Å². The molecule has 0 saturated heterocycles. The molecule has 3 rings (SSSR count). The van der Waals surface area contributed by atoms with Crippen LogP contribution in [0.25, 0.3) is 0 Å². The van der Waals surface area contributed by atoms with Crippen LogP contribution in [0.1, 0.15) is 11.1 Å². The summed E-state index contributed by atoms with van der Waals surface area (Å²) in [5.41, 5.74) is 1.54. The maximum Gasteiger partial charge on any atom is 0.264 e. The molecule has 36 heavy (non-hydrogen) atoms. The Morgan fingerprint density at radius 1 is 1.03 bits per heavy atom. The number of rotatable bonds is 10. The van der Waals surface area contributed by atoms with Crippen molar-refractivity contribution in [1.82, 2.24) is 15.3 Å². The van der Waals surface area contributed by atoms with Gasteiger partial charge in [0.2, 0.25) is 0 Å². The summed E-state index contributed by atoms with van der Waals surface area (Å²) in [7, 11) is 1.43. The van der Waals surface area contributed by atoms with Crippen molar-refractivity contribution in [3.05, 3.63) is 101 Å². The number of nitrogens with zero attached hydrogens (tertiary/aromatic N) is 3. The van der Waals surface area contributed by atoms with Gasteiger partial charge in [-0.3, -0.25) is 9.59 Å². The minimum atomic E-state index is -1.11. The van der Waals surface area contributed by atoms with Crippen molar-refractivity contribution in [2.45, 2.75) is 19.0 Å². The van der Waals surface area contributed by atoms with Gasteiger partial charge in [0.05, 0.1) is 6.54 Å². The van der Waals surface area contributed by atoms with Crippen LogP contribution < -0.4 is 10.1 Å². The Labute approximate surface area is 212 Å². The summed E-state index contributed by atoms with van der Waals surface area (Å²) >= 11 is 5.91. The molecule has 0 aliphatic carbocycles. The number of hydrogen-bond acceptors (Lipinski definition) is 5. The van der Waals surface area contributed by atoms with Crippen LogP contribution in [0.3, 0.4) is 0 Å². The summed E-state index contributed by atoms with van der Waals surface area (Å²) < 4.78 is 31.7. The Morgan fingerprint density at radius 3 is 2.36 bits per heavy atom. The molecule has 0 radical (unpaired) electrons. The van der Waals surface area contributed by atoms with Crippen molar-refractivity contribution in [2.24, 2.45) is 0 Å². The fourth-order valence-corrected chi connectivity index (χ4v) is 3.44. The molecule has 1 N–H and O–H groups in total. The maximum atomic E-state index is 13.4. The van der Waals surface area contributed by atoms with Gasteiger partial charge in [0.15, 0.2) is 24.4 Å². The van der Waals surface area contributed by atoms with E-state index < -0.39 is 36.1 Å². The van der Waals surface area contributed by atoms with E-state index in [1.165, 1.54) is 13.1 Å². The van der Waals surface area contributed by atoms with Crippen molar-refractivity contribution in [3.8, 4) is 11.9 Å². The molecule has 1 atom stereocenters. The van der Waals surface area contributed by atoms with Gasteiger partial charge in [-0.05, 0) is 35.4 Å². The summed E-state index contributed by atoms with van der Waals surface area (Å²) in [4.78, 5) is 25.9. The average Bonchev–Trinajstić information content (AvgIpc) is 2.88. The average molecular weight is 513 g/mol. The van der Waals surface area contributed by atoms with Gasteiger partial charge in [0.25, 0.3) is 11.8 Å². The van der Waals surface area contributed by atoms with Crippen LogP contribution in [-0.4, -0.2) is 41.5 Å². The fraction of sp³-hybridized carbons (Fsp3) is 0.192. The van der Waals surface area contributed by atoms with Crippen LogP contribution in [0, 0.1) is 23.1 Å². The number of carbonyl (C=O) groups is 2. The van der Waals surface area contributed by atoms with E-state index in [0.29, 0.717) is 5.02 Å². The van der Waals surface area contributed by atoms with Gasteiger partial charge in [-0.15, -0.1) is 0 Å². The van der Waals surface area contributed by atoms with Crippen LogP contribution in [0.4, 0.5) is 8.78 Å². The molecule has 0 spiro atoms. The van der Waals surface area contributed by atoms with Crippen molar-refractivity contribution in [3.63, 3.8) is 0 Å². The number of hydrazine groups is 1. The Balaban J connectivity index is 1.71. The summed E-state index contributed by atoms with van der Waals surface area (Å²) in [6.07, 6.45) is 2.13. The largest absolute Gasteiger partial charge is 0.484 e. The van der Waals surface area contributed by atoms with E-state index in [9.17, 15) is 23.6 Å². The smallest absolute Gasteiger partial charge is 0.264 e. The van der Waals surface area contributed by atoms with E-state index in [1.807, 2.05) is 12.3 Å². The second kappa shape index (κ2) is 12.5. The van der Waals surface area contributed by atoms with Gasteiger partial charge in [0, 0.05) is 24.6 Å². The number of carbonyl (C=O) groups excluding carboxylic acids is 2. The molecule has 3 aromatic rings. The highest BCUT2D eigenvalue weighted by Crippen LogP contribution is 2.16. The van der Waals surface area contributed by atoms with Gasteiger partial charge < -0.3 is 10.1 Å². The van der Waals surface area contributed by atoms with Crippen molar-refractivity contribution < 1.29 is 23.1 Å². The van der Waals surface area contributed by atoms with Crippen LogP contribution >= 0.6 is 11.6 Å². The zero-order valence-corrected chi connectivity index (χ0v) is 20.1. The lowest BCUT2D eigenvalue weighted by atomic mass is 10.1. The summed E-state index contributed by atoms with van der Waals surface area (Å²) in [6, 6.07) is 17.7. The molecule has 0 saturated carbocycles. The number of likely N-dealkylation sites (N-methyl/N-ethyl adjacent to an activating group) is 1. The molecule has 0 heterocycles. The first-order valence-electron chi connectivity index (χ1n) is 10.9. The second-order valence-electron chi connectivity index (χ2n) is 7.82. The number of nitrogens with one attached hydrogen (secondary N) is 1. The SMILES string of the molecule is CN(C(=O)[C@H](Cc1ccccc1)NC(=O)COc1ccc(F)c(F)c1)N(C#N)Cc1ccc(Cl)cc1. The molecule has 0 unspecified atom stereocenters.